The Labute approximate surface area is 246 Å². The number of benzene rings is 3. The molecule has 0 saturated carbocycles. The zero-order valence-electron chi connectivity index (χ0n) is 21.7. The van der Waals surface area contributed by atoms with Crippen molar-refractivity contribution < 1.29 is 45.4 Å². The van der Waals surface area contributed by atoms with Gasteiger partial charge >= 0.3 is 33.9 Å². The fraction of sp³-hybridized carbons (Fsp3) is 0.0968. The fourth-order valence-corrected chi connectivity index (χ4v) is 8.09. The van der Waals surface area contributed by atoms with Gasteiger partial charge in [0.15, 0.2) is 18.8 Å². The molecule has 2 aliphatic rings. The third-order valence-corrected chi connectivity index (χ3v) is 10.1. The number of nitrogens with zero attached hydrogens (tertiary/aromatic N) is 1. The van der Waals surface area contributed by atoms with E-state index in [1.807, 2.05) is 49.2 Å². The van der Waals surface area contributed by atoms with Crippen LogP contribution in [0.15, 0.2) is 84.9 Å². The summed E-state index contributed by atoms with van der Waals surface area (Å²) in [5.41, 5.74) is 5.00. The molecule has 0 aromatic heterocycles. The van der Waals surface area contributed by atoms with Gasteiger partial charge in [0.1, 0.15) is 0 Å². The van der Waals surface area contributed by atoms with Crippen LogP contribution in [0.5, 0.6) is 0 Å². The van der Waals surface area contributed by atoms with Crippen LogP contribution in [-0.2, 0) is 35.8 Å². The molecule has 0 aliphatic carbocycles. The van der Waals surface area contributed by atoms with Gasteiger partial charge in [-0.25, -0.2) is 4.52 Å². The van der Waals surface area contributed by atoms with E-state index in [1.165, 1.54) is 4.90 Å². The maximum Gasteiger partial charge on any atom is 0 e. The second-order valence-electron chi connectivity index (χ2n) is 7.95. The van der Waals surface area contributed by atoms with Crippen LogP contribution in [-0.4, -0.2) is 30.0 Å². The molecule has 2 aliphatic heterocycles. The second-order valence-corrected chi connectivity index (χ2v) is 11.4. The minimum atomic E-state index is -2.25. The predicted octanol–water partition coefficient (Wildman–Crippen LogP) is 5.88. The summed E-state index contributed by atoms with van der Waals surface area (Å²) >= 11 is 0. The second kappa shape index (κ2) is 16.9. The molecule has 5 rings (SSSR count). The van der Waals surface area contributed by atoms with E-state index in [0.29, 0.717) is 17.2 Å². The molecular formula is C31H24CrNO6P+. The van der Waals surface area contributed by atoms with Crippen LogP contribution in [0.4, 0.5) is 0 Å². The first-order chi connectivity index (χ1) is 19.1. The first-order valence-corrected chi connectivity index (χ1v) is 13.4. The van der Waals surface area contributed by atoms with Crippen molar-refractivity contribution in [2.75, 3.05) is 13.3 Å². The van der Waals surface area contributed by atoms with Gasteiger partial charge in [0.05, 0.1) is 30.4 Å². The van der Waals surface area contributed by atoms with Crippen molar-refractivity contribution in [3.63, 3.8) is 0 Å². The topological polar surface area (TPSA) is 106 Å². The number of carbonyl (C=O) groups is 2. The molecule has 3 aromatic carbocycles. The molecule has 0 atom stereocenters. The summed E-state index contributed by atoms with van der Waals surface area (Å²) in [5, 5.41) is 0. The van der Waals surface area contributed by atoms with Crippen molar-refractivity contribution >= 4 is 19.3 Å². The summed E-state index contributed by atoms with van der Waals surface area (Å²) in [6.45, 7) is 15.6. The van der Waals surface area contributed by atoms with Crippen molar-refractivity contribution in [1.29, 1.82) is 0 Å². The summed E-state index contributed by atoms with van der Waals surface area (Å²) in [6, 6.07) is 27.7. The van der Waals surface area contributed by atoms with Crippen LogP contribution in [0, 0.1) is 50.2 Å². The molecule has 199 valence electrons. The first kappa shape index (κ1) is 35.0. The zero-order valence-corrected chi connectivity index (χ0v) is 23.9. The predicted molar refractivity (Wildman–Crippen MR) is 143 cm³/mol. The van der Waals surface area contributed by atoms with Crippen molar-refractivity contribution in [2.45, 2.75) is 6.92 Å². The summed E-state index contributed by atoms with van der Waals surface area (Å²) < 4.78 is 28.9. The number of amides is 2. The van der Waals surface area contributed by atoms with E-state index < -0.39 is 7.49 Å². The molecule has 1 saturated heterocycles. The summed E-state index contributed by atoms with van der Waals surface area (Å²) in [4.78, 5) is 27.9. The molecule has 1 fully saturated rings. The van der Waals surface area contributed by atoms with Gasteiger partial charge in [0.2, 0.25) is 0 Å². The Morgan fingerprint density at radius 2 is 1.02 bits per heavy atom. The molecule has 2 heterocycles. The van der Waals surface area contributed by atoms with Gasteiger partial charge in [-0.15, -0.1) is 0 Å². The van der Waals surface area contributed by atoms with Crippen LogP contribution in [0.2, 0.25) is 0 Å². The molecule has 0 N–H and O–H groups in total. The maximum atomic E-state index is 13.3. The third kappa shape index (κ3) is 6.63. The number of imide groups is 1. The van der Waals surface area contributed by atoms with Gasteiger partial charge in [-0.2, -0.15) is 0 Å². The standard InChI is InChI=1S/C28H24NO3P.3CO.Cr/c1-3-33(32-2)25(20-12-6-4-7-13-20)18-22(19-26(33)21-14-8-5-9-15-21)29-27(30)23-16-10-11-17-24(23)28(29)31;3*1-2;/h4-19H,3H2,1-2H3;;;;/q+1;;;;. The normalized spacial score (nSPS) is 15.9. The Hall–Kier alpha value is -3.06. The van der Waals surface area contributed by atoms with Gasteiger partial charge in [0, 0.05) is 41.3 Å². The monoisotopic (exact) mass is 589 g/mol. The summed E-state index contributed by atoms with van der Waals surface area (Å²) in [6.07, 6.45) is 4.74. The summed E-state index contributed by atoms with van der Waals surface area (Å²) in [7, 11) is -0.493. The molecule has 0 unspecified atom stereocenters. The number of fused-ring (bicyclic) bond motifs is 1. The zero-order chi connectivity index (χ0) is 29.0. The number of carbonyl (C=O) groups excluding carboxylic acids is 2. The molecule has 40 heavy (non-hydrogen) atoms. The number of hydrogen-bond donors (Lipinski definition) is 0. The molecule has 0 spiro atoms. The molecule has 5 radical (unpaired) electrons. The Bertz CT molecular complexity index is 1210. The third-order valence-electron chi connectivity index (χ3n) is 6.30. The molecule has 2 amide bonds. The largest absolute Gasteiger partial charge is 0 e. The Morgan fingerprint density at radius 1 is 0.675 bits per heavy atom. The fourth-order valence-electron chi connectivity index (χ4n) is 4.68. The van der Waals surface area contributed by atoms with Crippen molar-refractivity contribution in [2.24, 2.45) is 0 Å². The van der Waals surface area contributed by atoms with Crippen LogP contribution < -0.4 is 0 Å². The Kier molecular flexibility index (Phi) is 14.8. The van der Waals surface area contributed by atoms with E-state index >= 15 is 0 Å². The van der Waals surface area contributed by atoms with Gasteiger partial charge < -0.3 is 0 Å². The minimum Gasteiger partial charge on any atom is 0 e. The number of hydrogen-bond acceptors (Lipinski definition) is 3. The Balaban J connectivity index is 0.00000107. The van der Waals surface area contributed by atoms with Crippen LogP contribution in [0.1, 0.15) is 38.8 Å². The van der Waals surface area contributed by atoms with Crippen LogP contribution >= 0.6 is 7.49 Å². The van der Waals surface area contributed by atoms with Gasteiger partial charge in [0.25, 0.3) is 11.8 Å². The minimum absolute atomic E-state index is 0. The van der Waals surface area contributed by atoms with Crippen molar-refractivity contribution in [3.05, 3.63) is 157 Å². The van der Waals surface area contributed by atoms with E-state index in [2.05, 4.69) is 51.1 Å². The maximum absolute atomic E-state index is 13.3. The van der Waals surface area contributed by atoms with Gasteiger partial charge in [-0.05, 0) is 19.1 Å². The van der Waals surface area contributed by atoms with Gasteiger partial charge in [-0.1, -0.05) is 72.8 Å². The quantitative estimate of drug-likeness (QED) is 0.161. The van der Waals surface area contributed by atoms with Crippen LogP contribution in [0.3, 0.4) is 0 Å². The molecule has 3 aromatic rings. The molecule has 9 heteroatoms. The smallest absolute Gasteiger partial charge is 0 e. The number of rotatable bonds is 5. The SMILES string of the molecule is CC[P+]1(OC)[C](c2ccccc2)[CH][C](N2C(=O)c3ccccc3C2=O)[CH][C]1c1ccccc1.[C-]#[O+].[C-]#[O+].[C-]#[O+].[Cr]. The Morgan fingerprint density at radius 3 is 1.35 bits per heavy atom. The van der Waals surface area contributed by atoms with E-state index in [4.69, 9.17) is 18.5 Å². The molecule has 7 nitrogen and oxygen atoms in total. The van der Waals surface area contributed by atoms with Crippen molar-refractivity contribution in [3.8, 4) is 0 Å². The molecular weight excluding hydrogens is 565 g/mol. The van der Waals surface area contributed by atoms with Crippen LogP contribution in [0.25, 0.3) is 0 Å². The van der Waals surface area contributed by atoms with E-state index in [1.54, 1.807) is 31.4 Å². The molecule has 0 bridgehead atoms. The first-order valence-electron chi connectivity index (χ1n) is 11.6. The average Bonchev–Trinajstić information content (AvgIpc) is 3.29. The van der Waals surface area contributed by atoms with Gasteiger partial charge in [-0.3, -0.25) is 14.5 Å². The van der Waals surface area contributed by atoms with E-state index in [0.717, 1.165) is 28.6 Å². The van der Waals surface area contributed by atoms with E-state index in [9.17, 15) is 9.59 Å². The summed E-state index contributed by atoms with van der Waals surface area (Å²) in [5.74, 6) is -0.588. The van der Waals surface area contributed by atoms with E-state index in [-0.39, 0.29) is 29.2 Å². The van der Waals surface area contributed by atoms with Crippen molar-refractivity contribution in [1.82, 2.24) is 4.90 Å². The average molecular weight is 590 g/mol.